The van der Waals surface area contributed by atoms with Gasteiger partial charge < -0.3 is 15.1 Å². The maximum absolute atomic E-state index is 14.3. The Morgan fingerprint density at radius 3 is 2.46 bits per heavy atom. The summed E-state index contributed by atoms with van der Waals surface area (Å²) in [4.78, 5) is 61.3. The summed E-state index contributed by atoms with van der Waals surface area (Å²) in [5, 5.41) is 5.36. The van der Waals surface area contributed by atoms with Crippen molar-refractivity contribution in [1.82, 2.24) is 25.0 Å². The second kappa shape index (κ2) is 10.2. The van der Waals surface area contributed by atoms with Gasteiger partial charge in [0.15, 0.2) is 0 Å². The number of piperidine rings is 1. The quantitative estimate of drug-likeness (QED) is 0.580. The number of urea groups is 1. The minimum atomic E-state index is -1.04. The molecule has 2 aliphatic rings. The number of aromatic nitrogens is 1. The largest absolute Gasteiger partial charge is 0.341 e. The highest BCUT2D eigenvalue weighted by Gasteiger charge is 2.57. The summed E-state index contributed by atoms with van der Waals surface area (Å²) in [6.45, 7) is 7.98. The lowest BCUT2D eigenvalue weighted by molar-refractivity contribution is -0.142. The number of halogens is 1. The van der Waals surface area contributed by atoms with Gasteiger partial charge in [-0.25, -0.2) is 14.2 Å². The van der Waals surface area contributed by atoms with E-state index in [2.05, 4.69) is 10.3 Å². The molecule has 1 N–H and O–H groups in total. The first-order chi connectivity index (χ1) is 17.4. The molecule has 2 saturated heterocycles. The van der Waals surface area contributed by atoms with Gasteiger partial charge >= 0.3 is 6.03 Å². The molecule has 1 spiro atoms. The lowest BCUT2D eigenvalue weighted by atomic mass is 9.85. The molecule has 5 amide bonds. The lowest BCUT2D eigenvalue weighted by Crippen LogP contribution is -2.60. The molecule has 0 saturated carbocycles. The number of carbonyl (C=O) groups is 4. The van der Waals surface area contributed by atoms with E-state index in [4.69, 9.17) is 0 Å². The fourth-order valence-electron chi connectivity index (χ4n) is 5.03. The van der Waals surface area contributed by atoms with Crippen LogP contribution in [0.25, 0.3) is 0 Å². The topological polar surface area (TPSA) is 103 Å². The standard InChI is InChI=1S/C26H32FN5O4S/c1-15(2)21(29-22(33)18-12-16(3)6-7-19(18)27)23(34)31-10-8-26(9-11-31)24(35)30(5)25(36)32(26)13-20-28-17(4)14-37-20/h6-7,12,14-15,21H,8-11,13H2,1-5H3,(H,29,33)/t21-/m1/s1. The van der Waals surface area contributed by atoms with E-state index < -0.39 is 23.3 Å². The van der Waals surface area contributed by atoms with Crippen molar-refractivity contribution in [1.29, 1.82) is 0 Å². The Kier molecular flexibility index (Phi) is 7.36. The van der Waals surface area contributed by atoms with Crippen molar-refractivity contribution in [3.05, 3.63) is 51.2 Å². The number of nitrogens with one attached hydrogen (secondary N) is 1. The molecule has 1 aromatic carbocycles. The first-order valence-electron chi connectivity index (χ1n) is 12.3. The Labute approximate surface area is 219 Å². The van der Waals surface area contributed by atoms with Gasteiger partial charge in [0.2, 0.25) is 5.91 Å². The van der Waals surface area contributed by atoms with Crippen LogP contribution < -0.4 is 5.32 Å². The van der Waals surface area contributed by atoms with Crippen molar-refractivity contribution in [3.8, 4) is 0 Å². The number of likely N-dealkylation sites (tertiary alicyclic amines) is 1. The molecule has 198 valence electrons. The van der Waals surface area contributed by atoms with E-state index in [1.165, 1.54) is 30.5 Å². The molecule has 0 radical (unpaired) electrons. The molecule has 2 aromatic rings. The monoisotopic (exact) mass is 529 g/mol. The number of hydrogen-bond donors (Lipinski definition) is 1. The number of thiazole rings is 1. The predicted octanol–water partition coefficient (Wildman–Crippen LogP) is 3.11. The van der Waals surface area contributed by atoms with E-state index in [9.17, 15) is 23.6 Å². The van der Waals surface area contributed by atoms with E-state index in [0.29, 0.717) is 0 Å². The van der Waals surface area contributed by atoms with Gasteiger partial charge in [-0.1, -0.05) is 25.5 Å². The van der Waals surface area contributed by atoms with Gasteiger partial charge in [0.05, 0.1) is 12.1 Å². The van der Waals surface area contributed by atoms with Crippen molar-refractivity contribution >= 4 is 35.1 Å². The molecule has 0 aliphatic carbocycles. The van der Waals surface area contributed by atoms with Gasteiger partial charge in [0, 0.05) is 31.2 Å². The Hall–Kier alpha value is -3.34. The second-order valence-electron chi connectivity index (χ2n) is 10.2. The van der Waals surface area contributed by atoms with Gasteiger partial charge in [-0.15, -0.1) is 11.3 Å². The number of carbonyl (C=O) groups excluding carboxylic acids is 4. The molecular weight excluding hydrogens is 497 g/mol. The summed E-state index contributed by atoms with van der Waals surface area (Å²) in [6, 6.07) is 3.03. The van der Waals surface area contributed by atoms with E-state index in [1.807, 2.05) is 26.2 Å². The normalized spacial score (nSPS) is 18.2. The summed E-state index contributed by atoms with van der Waals surface area (Å²) >= 11 is 1.44. The minimum absolute atomic E-state index is 0.109. The van der Waals surface area contributed by atoms with E-state index in [-0.39, 0.29) is 61.8 Å². The van der Waals surface area contributed by atoms with E-state index in [1.54, 1.807) is 22.8 Å². The van der Waals surface area contributed by atoms with Crippen LogP contribution in [0.15, 0.2) is 23.6 Å². The Morgan fingerprint density at radius 2 is 1.86 bits per heavy atom. The van der Waals surface area contributed by atoms with Crippen LogP contribution in [0.5, 0.6) is 0 Å². The maximum Gasteiger partial charge on any atom is 0.327 e. The van der Waals surface area contributed by atoms with Gasteiger partial charge in [0.25, 0.3) is 11.8 Å². The highest BCUT2D eigenvalue weighted by molar-refractivity contribution is 7.09. The van der Waals surface area contributed by atoms with Crippen molar-refractivity contribution < 1.29 is 23.6 Å². The number of aryl methyl sites for hydroxylation is 2. The Bertz CT molecular complexity index is 1240. The molecule has 4 rings (SSSR count). The van der Waals surface area contributed by atoms with Crippen molar-refractivity contribution in [2.75, 3.05) is 20.1 Å². The average Bonchev–Trinajstić information content (AvgIpc) is 3.35. The third-order valence-corrected chi connectivity index (χ3v) is 8.14. The molecule has 1 atom stereocenters. The van der Waals surface area contributed by atoms with Crippen LogP contribution in [-0.2, 0) is 16.1 Å². The molecule has 3 heterocycles. The first-order valence-corrected chi connectivity index (χ1v) is 13.2. The average molecular weight is 530 g/mol. The third kappa shape index (κ3) is 4.96. The Balaban J connectivity index is 1.49. The highest BCUT2D eigenvalue weighted by atomic mass is 32.1. The van der Waals surface area contributed by atoms with Crippen LogP contribution in [0, 0.1) is 25.6 Å². The van der Waals surface area contributed by atoms with Gasteiger partial charge in [0.1, 0.15) is 22.4 Å². The zero-order valence-electron chi connectivity index (χ0n) is 21.7. The zero-order valence-corrected chi connectivity index (χ0v) is 22.5. The SMILES string of the molecule is Cc1ccc(F)c(C(=O)N[C@@H](C(=O)N2CCC3(CC2)C(=O)N(C)C(=O)N3Cc2nc(C)cs2)C(C)C)c1. The van der Waals surface area contributed by atoms with Gasteiger partial charge in [-0.05, 0) is 44.7 Å². The highest BCUT2D eigenvalue weighted by Crippen LogP contribution is 2.38. The lowest BCUT2D eigenvalue weighted by Gasteiger charge is -2.43. The fourth-order valence-corrected chi connectivity index (χ4v) is 5.79. The smallest absolute Gasteiger partial charge is 0.327 e. The fraction of sp³-hybridized carbons (Fsp3) is 0.500. The first kappa shape index (κ1) is 26.7. The number of imide groups is 1. The number of rotatable bonds is 6. The van der Waals surface area contributed by atoms with Crippen molar-refractivity contribution in [3.63, 3.8) is 0 Å². The van der Waals surface area contributed by atoms with Gasteiger partial charge in [-0.2, -0.15) is 0 Å². The Morgan fingerprint density at radius 1 is 1.19 bits per heavy atom. The van der Waals surface area contributed by atoms with Crippen molar-refractivity contribution in [2.45, 2.75) is 58.7 Å². The zero-order chi connectivity index (χ0) is 27.1. The van der Waals surface area contributed by atoms with Gasteiger partial charge in [-0.3, -0.25) is 19.3 Å². The number of amides is 5. The summed E-state index contributed by atoms with van der Waals surface area (Å²) < 4.78 is 14.3. The summed E-state index contributed by atoms with van der Waals surface area (Å²) in [6.07, 6.45) is 0.562. The van der Waals surface area contributed by atoms with Crippen LogP contribution in [0.3, 0.4) is 0 Å². The second-order valence-corrected chi connectivity index (χ2v) is 11.1. The maximum atomic E-state index is 14.3. The van der Waals surface area contributed by atoms with Crippen LogP contribution in [-0.4, -0.2) is 75.2 Å². The van der Waals surface area contributed by atoms with Crippen LogP contribution in [0.1, 0.15) is 53.3 Å². The molecule has 2 aliphatic heterocycles. The minimum Gasteiger partial charge on any atom is -0.341 e. The van der Waals surface area contributed by atoms with E-state index >= 15 is 0 Å². The summed E-state index contributed by atoms with van der Waals surface area (Å²) in [5.74, 6) is -2.11. The molecular formula is C26H32FN5O4S. The summed E-state index contributed by atoms with van der Waals surface area (Å²) in [5.41, 5.74) is 0.442. The molecule has 9 nitrogen and oxygen atoms in total. The molecule has 37 heavy (non-hydrogen) atoms. The predicted molar refractivity (Wildman–Crippen MR) is 136 cm³/mol. The number of hydrogen-bond acceptors (Lipinski definition) is 6. The number of benzene rings is 1. The van der Waals surface area contributed by atoms with E-state index in [0.717, 1.165) is 21.2 Å². The molecule has 2 fully saturated rings. The summed E-state index contributed by atoms with van der Waals surface area (Å²) in [7, 11) is 1.48. The van der Waals surface area contributed by atoms with Crippen LogP contribution >= 0.6 is 11.3 Å². The van der Waals surface area contributed by atoms with Crippen LogP contribution in [0.4, 0.5) is 9.18 Å². The van der Waals surface area contributed by atoms with Crippen molar-refractivity contribution in [2.24, 2.45) is 5.92 Å². The molecule has 1 aromatic heterocycles. The molecule has 0 bridgehead atoms. The van der Waals surface area contributed by atoms with Crippen LogP contribution in [0.2, 0.25) is 0 Å². The third-order valence-electron chi connectivity index (χ3n) is 7.19. The number of likely N-dealkylation sites (N-methyl/N-ethyl adjacent to an activating group) is 1. The molecule has 11 heteroatoms. The molecule has 0 unspecified atom stereocenters. The number of nitrogens with zero attached hydrogens (tertiary/aromatic N) is 4.